The molecule has 0 saturated carbocycles. The van der Waals surface area contributed by atoms with Crippen molar-refractivity contribution < 1.29 is 9.18 Å². The topological polar surface area (TPSA) is 66.9 Å². The average Bonchev–Trinajstić information content (AvgIpc) is 2.89. The predicted octanol–water partition coefficient (Wildman–Crippen LogP) is 3.06. The maximum Gasteiger partial charge on any atom is 0.286 e. The molecule has 0 bridgehead atoms. The number of carbonyl (C=O) groups is 1. The number of carbonyl (C=O) groups excluding carboxylic acids is 1. The first kappa shape index (κ1) is 14.4. The SMILES string of the molecule is CCCNc1nnc(C(=O)Nc2ccc(C)c(F)c2)s1. The van der Waals surface area contributed by atoms with Crippen LogP contribution in [0.5, 0.6) is 0 Å². The molecular weight excluding hydrogens is 279 g/mol. The van der Waals surface area contributed by atoms with Crippen LogP contribution in [0.2, 0.25) is 0 Å². The minimum atomic E-state index is -0.393. The third kappa shape index (κ3) is 3.51. The Bertz CT molecular complexity index is 614. The van der Waals surface area contributed by atoms with Crippen LogP contribution in [0.1, 0.15) is 28.7 Å². The van der Waals surface area contributed by atoms with Gasteiger partial charge in [-0.2, -0.15) is 0 Å². The van der Waals surface area contributed by atoms with Crippen molar-refractivity contribution in [3.63, 3.8) is 0 Å². The summed E-state index contributed by atoms with van der Waals surface area (Å²) in [4.78, 5) is 11.9. The Balaban J connectivity index is 2.03. The summed E-state index contributed by atoms with van der Waals surface area (Å²) in [5.41, 5.74) is 0.932. The van der Waals surface area contributed by atoms with E-state index in [0.29, 0.717) is 16.4 Å². The van der Waals surface area contributed by atoms with Crippen molar-refractivity contribution in [2.45, 2.75) is 20.3 Å². The lowest BCUT2D eigenvalue weighted by Crippen LogP contribution is -2.11. The number of aromatic nitrogens is 2. The largest absolute Gasteiger partial charge is 0.360 e. The van der Waals surface area contributed by atoms with Crippen molar-refractivity contribution in [2.75, 3.05) is 17.2 Å². The second kappa shape index (κ2) is 6.42. The Morgan fingerprint density at radius 3 is 2.90 bits per heavy atom. The summed E-state index contributed by atoms with van der Waals surface area (Å²) in [6.07, 6.45) is 0.962. The highest BCUT2D eigenvalue weighted by atomic mass is 32.1. The highest BCUT2D eigenvalue weighted by molar-refractivity contribution is 7.17. The number of halogens is 1. The monoisotopic (exact) mass is 294 g/mol. The molecule has 2 N–H and O–H groups in total. The van der Waals surface area contributed by atoms with Gasteiger partial charge < -0.3 is 10.6 Å². The summed E-state index contributed by atoms with van der Waals surface area (Å²) in [7, 11) is 0. The molecule has 1 amide bonds. The number of amides is 1. The van der Waals surface area contributed by atoms with E-state index >= 15 is 0 Å². The van der Waals surface area contributed by atoms with Gasteiger partial charge >= 0.3 is 0 Å². The molecule has 2 aromatic rings. The Labute approximate surface area is 120 Å². The Morgan fingerprint density at radius 1 is 1.40 bits per heavy atom. The zero-order chi connectivity index (χ0) is 14.5. The van der Waals surface area contributed by atoms with Gasteiger partial charge in [0.15, 0.2) is 0 Å². The lowest BCUT2D eigenvalue weighted by molar-refractivity contribution is 0.102. The summed E-state index contributed by atoms with van der Waals surface area (Å²) in [6.45, 7) is 4.48. The van der Waals surface area contributed by atoms with E-state index in [1.54, 1.807) is 19.1 Å². The quantitative estimate of drug-likeness (QED) is 0.889. The van der Waals surface area contributed by atoms with Crippen molar-refractivity contribution in [3.05, 3.63) is 34.6 Å². The molecule has 0 unspecified atom stereocenters. The van der Waals surface area contributed by atoms with E-state index in [1.807, 2.05) is 6.92 Å². The van der Waals surface area contributed by atoms with Crippen LogP contribution < -0.4 is 10.6 Å². The fraction of sp³-hybridized carbons (Fsp3) is 0.308. The van der Waals surface area contributed by atoms with E-state index in [1.165, 1.54) is 17.4 Å². The fourth-order valence-corrected chi connectivity index (χ4v) is 2.14. The average molecular weight is 294 g/mol. The number of hydrogen-bond acceptors (Lipinski definition) is 5. The smallest absolute Gasteiger partial charge is 0.286 e. The highest BCUT2D eigenvalue weighted by Crippen LogP contribution is 2.18. The summed E-state index contributed by atoms with van der Waals surface area (Å²) in [5, 5.41) is 14.2. The zero-order valence-electron chi connectivity index (χ0n) is 11.2. The molecule has 0 aliphatic carbocycles. The van der Waals surface area contributed by atoms with Crippen LogP contribution >= 0.6 is 11.3 Å². The summed E-state index contributed by atoms with van der Waals surface area (Å²) >= 11 is 1.17. The van der Waals surface area contributed by atoms with Crippen LogP contribution in [0.3, 0.4) is 0 Å². The van der Waals surface area contributed by atoms with Gasteiger partial charge in [0.25, 0.3) is 5.91 Å². The van der Waals surface area contributed by atoms with E-state index < -0.39 is 5.91 Å². The standard InChI is InChI=1S/C13H15FN4OS/c1-3-6-15-13-18-17-12(20-13)11(19)16-9-5-4-8(2)10(14)7-9/h4-5,7H,3,6H2,1-2H3,(H,15,18)(H,16,19). The minimum absolute atomic E-state index is 0.240. The van der Waals surface area contributed by atoms with Crippen LogP contribution in [-0.4, -0.2) is 22.6 Å². The number of rotatable bonds is 5. The van der Waals surface area contributed by atoms with Gasteiger partial charge in [-0.25, -0.2) is 4.39 Å². The Hall–Kier alpha value is -2.02. The first-order valence-electron chi connectivity index (χ1n) is 6.25. The highest BCUT2D eigenvalue weighted by Gasteiger charge is 2.13. The van der Waals surface area contributed by atoms with Crippen molar-refractivity contribution in [1.29, 1.82) is 0 Å². The molecule has 7 heteroatoms. The van der Waals surface area contributed by atoms with Gasteiger partial charge in [-0.05, 0) is 31.0 Å². The maximum absolute atomic E-state index is 13.4. The second-order valence-electron chi connectivity index (χ2n) is 4.26. The van der Waals surface area contributed by atoms with Crippen LogP contribution in [0, 0.1) is 12.7 Å². The van der Waals surface area contributed by atoms with E-state index in [9.17, 15) is 9.18 Å². The van der Waals surface area contributed by atoms with Gasteiger partial charge in [0.1, 0.15) is 5.82 Å². The van der Waals surface area contributed by atoms with Crippen molar-refractivity contribution in [2.24, 2.45) is 0 Å². The van der Waals surface area contributed by atoms with E-state index in [-0.39, 0.29) is 10.8 Å². The summed E-state index contributed by atoms with van der Waals surface area (Å²) in [5.74, 6) is -0.749. The molecule has 0 atom stereocenters. The second-order valence-corrected chi connectivity index (χ2v) is 5.23. The predicted molar refractivity (Wildman–Crippen MR) is 77.8 cm³/mol. The number of benzene rings is 1. The van der Waals surface area contributed by atoms with Crippen LogP contribution in [0.15, 0.2) is 18.2 Å². The number of nitrogens with one attached hydrogen (secondary N) is 2. The summed E-state index contributed by atoms with van der Waals surface area (Å²) in [6, 6.07) is 4.54. The van der Waals surface area contributed by atoms with Gasteiger partial charge in [0.05, 0.1) is 0 Å². The van der Waals surface area contributed by atoms with E-state index in [2.05, 4.69) is 20.8 Å². The van der Waals surface area contributed by atoms with Crippen molar-refractivity contribution >= 4 is 28.1 Å². The number of anilines is 2. The van der Waals surface area contributed by atoms with Gasteiger partial charge in [0, 0.05) is 12.2 Å². The first-order chi connectivity index (χ1) is 9.60. The Kier molecular flexibility index (Phi) is 4.62. The van der Waals surface area contributed by atoms with Crippen molar-refractivity contribution in [1.82, 2.24) is 10.2 Å². The number of hydrogen-bond donors (Lipinski definition) is 2. The molecule has 0 spiro atoms. The third-order valence-corrected chi connectivity index (χ3v) is 3.45. The van der Waals surface area contributed by atoms with E-state index in [0.717, 1.165) is 13.0 Å². The molecule has 0 fully saturated rings. The Morgan fingerprint density at radius 2 is 2.20 bits per heavy atom. The molecule has 106 valence electrons. The molecule has 0 radical (unpaired) electrons. The fourth-order valence-electron chi connectivity index (χ4n) is 1.47. The first-order valence-corrected chi connectivity index (χ1v) is 7.06. The zero-order valence-corrected chi connectivity index (χ0v) is 12.1. The summed E-state index contributed by atoms with van der Waals surface area (Å²) < 4.78 is 13.4. The lowest BCUT2D eigenvalue weighted by Gasteiger charge is -2.03. The molecule has 2 rings (SSSR count). The normalized spacial score (nSPS) is 10.3. The minimum Gasteiger partial charge on any atom is -0.360 e. The van der Waals surface area contributed by atoms with Gasteiger partial charge in [0.2, 0.25) is 10.1 Å². The third-order valence-electron chi connectivity index (χ3n) is 2.58. The molecular formula is C13H15FN4OS. The van der Waals surface area contributed by atoms with Gasteiger partial charge in [-0.1, -0.05) is 24.3 Å². The van der Waals surface area contributed by atoms with Crippen LogP contribution in [-0.2, 0) is 0 Å². The van der Waals surface area contributed by atoms with Crippen LogP contribution in [0.25, 0.3) is 0 Å². The molecule has 0 saturated heterocycles. The number of aryl methyl sites for hydroxylation is 1. The van der Waals surface area contributed by atoms with Gasteiger partial charge in [-0.15, -0.1) is 10.2 Å². The maximum atomic E-state index is 13.4. The molecule has 20 heavy (non-hydrogen) atoms. The lowest BCUT2D eigenvalue weighted by atomic mass is 10.2. The molecule has 5 nitrogen and oxygen atoms in total. The molecule has 1 heterocycles. The van der Waals surface area contributed by atoms with Crippen LogP contribution in [0.4, 0.5) is 15.2 Å². The molecule has 0 aliphatic rings. The molecule has 0 aliphatic heterocycles. The molecule has 1 aromatic heterocycles. The number of nitrogens with zero attached hydrogens (tertiary/aromatic N) is 2. The van der Waals surface area contributed by atoms with Gasteiger partial charge in [-0.3, -0.25) is 4.79 Å². The van der Waals surface area contributed by atoms with E-state index in [4.69, 9.17) is 0 Å². The molecule has 1 aromatic carbocycles. The van der Waals surface area contributed by atoms with Crippen molar-refractivity contribution in [3.8, 4) is 0 Å².